The summed E-state index contributed by atoms with van der Waals surface area (Å²) in [6.45, 7) is 3.57. The minimum atomic E-state index is -4.92. The molecule has 3 N–H and O–H groups in total. The molecule has 58 heavy (non-hydrogen) atoms. The van der Waals surface area contributed by atoms with Crippen molar-refractivity contribution in [2.75, 3.05) is 20.3 Å². The Morgan fingerprint density at radius 3 is 2.36 bits per heavy atom. The van der Waals surface area contributed by atoms with Gasteiger partial charge in [-0.3, -0.25) is 19.1 Å². The van der Waals surface area contributed by atoms with Gasteiger partial charge in [0, 0.05) is 17.2 Å². The average Bonchev–Trinajstić information content (AvgIpc) is 4.06. The fraction of sp³-hybridized carbons (Fsp3) is 0.667. The van der Waals surface area contributed by atoms with E-state index in [1.165, 1.54) is 13.3 Å². The van der Waals surface area contributed by atoms with E-state index in [1.54, 1.807) is 31.2 Å². The number of pyridine rings is 1. The second-order valence-corrected chi connectivity index (χ2v) is 19.0. The van der Waals surface area contributed by atoms with Crippen LogP contribution in [0.5, 0.6) is 11.6 Å². The smallest absolute Gasteiger partial charge is 0.427 e. The molecule has 2 aromatic rings. The van der Waals surface area contributed by atoms with Gasteiger partial charge in [-0.15, -0.1) is 0 Å². The van der Waals surface area contributed by atoms with E-state index in [0.717, 1.165) is 4.90 Å². The van der Waals surface area contributed by atoms with Gasteiger partial charge < -0.3 is 29.7 Å². The molecule has 1 aromatic carbocycles. The van der Waals surface area contributed by atoms with Gasteiger partial charge in [0.2, 0.25) is 33.3 Å². The lowest BCUT2D eigenvalue weighted by molar-refractivity contribution is -0.244. The van der Waals surface area contributed by atoms with Crippen LogP contribution in [-0.4, -0.2) is 103 Å². The Balaban J connectivity index is 1.35. The highest BCUT2D eigenvalue weighted by atomic mass is 32.2. The van der Waals surface area contributed by atoms with E-state index >= 15 is 0 Å². The molecular weight excluding hydrogens is 791 g/mol. The number of aromatic nitrogens is 1. The van der Waals surface area contributed by atoms with Gasteiger partial charge in [-0.05, 0) is 69.8 Å². The lowest BCUT2D eigenvalue weighted by Gasteiger charge is -2.34. The van der Waals surface area contributed by atoms with E-state index in [2.05, 4.69) is 15.6 Å². The van der Waals surface area contributed by atoms with Gasteiger partial charge in [0.1, 0.15) is 40.9 Å². The molecule has 0 unspecified atom stereocenters. The van der Waals surface area contributed by atoms with Crippen molar-refractivity contribution in [3.63, 3.8) is 0 Å². The summed E-state index contributed by atoms with van der Waals surface area (Å²) in [4.78, 5) is 61.8. The summed E-state index contributed by atoms with van der Waals surface area (Å²) in [5.74, 6) is -3.11. The minimum Gasteiger partial charge on any atom is -0.494 e. The first-order chi connectivity index (χ1) is 27.2. The van der Waals surface area contributed by atoms with Gasteiger partial charge in [-0.1, -0.05) is 51.3 Å². The summed E-state index contributed by atoms with van der Waals surface area (Å²) < 4.78 is 98.3. The standard InChI is InChI=1S/C39H51F4N5O9S/c1-22-10-6-7-11-24-18-38(24,34(51)47-58(53,54)37(21-40)14-15-37)46-31(49)28-17-25(56-32-27-13-9-8-12-26(27)29(55-5)19-44-32)20-48(28)33(50)30(23(2)16-22)45-35(52)57-36(3,4)39(41,42)43/h8-9,12-13,19,22-25,28,30H,6-7,10-11,14-18,20-21H2,1-5H3,(H,45,52)(H,46,49)(H,47,51)/t22-,23-,24-,25-,28+,30+,38-/m1/s1. The number of nitrogens with one attached hydrogen (secondary N) is 3. The predicted octanol–water partition coefficient (Wildman–Crippen LogP) is 5.09. The number of ether oxygens (including phenoxy) is 3. The molecule has 0 radical (unpaired) electrons. The van der Waals surface area contributed by atoms with Gasteiger partial charge in [0.25, 0.3) is 5.91 Å². The van der Waals surface area contributed by atoms with E-state index in [-0.39, 0.29) is 44.0 Å². The molecule has 3 heterocycles. The topological polar surface area (TPSA) is 182 Å². The highest BCUT2D eigenvalue weighted by Crippen LogP contribution is 2.49. The van der Waals surface area contributed by atoms with Crippen molar-refractivity contribution >= 4 is 44.6 Å². The van der Waals surface area contributed by atoms with Crippen molar-refractivity contribution in [3.8, 4) is 11.6 Å². The van der Waals surface area contributed by atoms with Gasteiger partial charge in [0.05, 0.1) is 19.9 Å². The molecule has 6 rings (SSSR count). The zero-order valence-electron chi connectivity index (χ0n) is 33.1. The van der Waals surface area contributed by atoms with Gasteiger partial charge in [-0.2, -0.15) is 13.2 Å². The van der Waals surface area contributed by atoms with E-state index in [1.807, 2.05) is 11.6 Å². The van der Waals surface area contributed by atoms with Crippen molar-refractivity contribution in [1.29, 1.82) is 0 Å². The van der Waals surface area contributed by atoms with E-state index < -0.39 is 92.6 Å². The van der Waals surface area contributed by atoms with Crippen LogP contribution in [0.1, 0.15) is 85.5 Å². The molecule has 2 saturated heterocycles. The second-order valence-electron chi connectivity index (χ2n) is 16.9. The molecule has 2 aliphatic carbocycles. The van der Waals surface area contributed by atoms with Crippen molar-refractivity contribution in [3.05, 3.63) is 30.5 Å². The molecule has 7 atom stereocenters. The third kappa shape index (κ3) is 8.50. The van der Waals surface area contributed by atoms with E-state index in [4.69, 9.17) is 14.2 Å². The van der Waals surface area contributed by atoms with Gasteiger partial charge in [0.15, 0.2) is 0 Å². The maximum absolute atomic E-state index is 14.7. The third-order valence-electron chi connectivity index (χ3n) is 12.2. The van der Waals surface area contributed by atoms with E-state index in [0.29, 0.717) is 62.5 Å². The largest absolute Gasteiger partial charge is 0.494 e. The van der Waals surface area contributed by atoms with Crippen LogP contribution in [0, 0.1) is 17.8 Å². The molecule has 19 heteroatoms. The van der Waals surface area contributed by atoms with Crippen molar-refractivity contribution in [2.45, 2.75) is 126 Å². The number of carbonyl (C=O) groups is 4. The SMILES string of the molecule is COc1cnc(O[C@@H]2C[C@H]3C(=O)N[C@]4(C(=O)NS(=O)(=O)C5(CF)CC5)C[C@H]4CCCC[C@@H](C)C[C@@H](C)[C@H](NC(=O)OC(C)(C)C(F)(F)F)C(=O)N3C2)c2ccccc12. The number of rotatable bonds is 9. The Morgan fingerprint density at radius 2 is 1.72 bits per heavy atom. The number of halogens is 4. The van der Waals surface area contributed by atoms with Crippen molar-refractivity contribution in [2.24, 2.45) is 17.8 Å². The van der Waals surface area contributed by atoms with Crippen LogP contribution in [0.15, 0.2) is 30.5 Å². The maximum Gasteiger partial charge on any atom is 0.427 e. The summed E-state index contributed by atoms with van der Waals surface area (Å²) in [7, 11) is -2.95. The maximum atomic E-state index is 14.7. The first-order valence-corrected chi connectivity index (χ1v) is 21.1. The quantitative estimate of drug-likeness (QED) is 0.288. The molecule has 4 amide bonds. The van der Waals surface area contributed by atoms with E-state index in [9.17, 15) is 45.2 Å². The summed E-state index contributed by atoms with van der Waals surface area (Å²) in [6.07, 6.45) is -3.03. The number of hydrogen-bond donors (Lipinski definition) is 3. The zero-order valence-corrected chi connectivity index (χ0v) is 33.9. The minimum absolute atomic E-state index is 0.0210. The highest BCUT2D eigenvalue weighted by Gasteiger charge is 2.64. The predicted molar refractivity (Wildman–Crippen MR) is 202 cm³/mol. The van der Waals surface area contributed by atoms with Crippen molar-refractivity contribution in [1.82, 2.24) is 25.2 Å². The summed E-state index contributed by atoms with van der Waals surface area (Å²) >= 11 is 0. The Bertz CT molecular complexity index is 2030. The van der Waals surface area contributed by atoms with Crippen LogP contribution in [-0.2, 0) is 29.1 Å². The highest BCUT2D eigenvalue weighted by molar-refractivity contribution is 7.91. The number of fused-ring (bicyclic) bond motifs is 3. The molecule has 2 saturated carbocycles. The number of carbonyl (C=O) groups excluding carboxylic acids is 4. The zero-order chi connectivity index (χ0) is 42.4. The fourth-order valence-corrected chi connectivity index (χ4v) is 9.60. The molecule has 1 aromatic heterocycles. The Labute approximate surface area is 334 Å². The van der Waals surface area contributed by atoms with Gasteiger partial charge >= 0.3 is 12.3 Å². The lowest BCUT2D eigenvalue weighted by Crippen LogP contribution is -2.60. The van der Waals surface area contributed by atoms with Crippen LogP contribution in [0.4, 0.5) is 22.4 Å². The number of alkyl halides is 4. The number of benzene rings is 1. The van der Waals surface area contributed by atoms with Crippen molar-refractivity contribution < 1.29 is 59.4 Å². The molecule has 2 aliphatic heterocycles. The lowest BCUT2D eigenvalue weighted by atomic mass is 9.87. The Morgan fingerprint density at radius 1 is 1.05 bits per heavy atom. The molecule has 0 bridgehead atoms. The van der Waals surface area contributed by atoms with Gasteiger partial charge in [-0.25, -0.2) is 22.6 Å². The van der Waals surface area contributed by atoms with Crippen LogP contribution in [0.3, 0.4) is 0 Å². The normalized spacial score (nSPS) is 29.2. The number of alkyl carbamates (subject to hydrolysis) is 1. The second kappa shape index (κ2) is 16.0. The molecule has 320 valence electrons. The van der Waals surface area contributed by atoms with Crippen LogP contribution >= 0.6 is 0 Å². The third-order valence-corrected chi connectivity index (χ3v) is 14.3. The number of sulfonamides is 1. The molecule has 4 aliphatic rings. The summed E-state index contributed by atoms with van der Waals surface area (Å²) in [6, 6.07) is 4.30. The van der Waals surface area contributed by atoms with Crippen LogP contribution in [0.2, 0.25) is 0 Å². The first-order valence-electron chi connectivity index (χ1n) is 19.6. The summed E-state index contributed by atoms with van der Waals surface area (Å²) in [5.41, 5.74) is -4.58. The Hall–Kier alpha value is -4.42. The number of methoxy groups -OCH3 is 1. The number of nitrogens with zero attached hydrogens (tertiary/aromatic N) is 2. The number of amides is 4. The summed E-state index contributed by atoms with van der Waals surface area (Å²) in [5, 5.41) is 6.38. The fourth-order valence-electron chi connectivity index (χ4n) is 8.18. The molecule has 14 nitrogen and oxygen atoms in total. The van der Waals surface area contributed by atoms with Crippen LogP contribution < -0.4 is 24.8 Å². The first kappa shape index (κ1) is 43.2. The monoisotopic (exact) mass is 841 g/mol. The van der Waals surface area contributed by atoms with Crippen LogP contribution in [0.25, 0.3) is 10.8 Å². The average molecular weight is 842 g/mol. The molecular formula is C39H51F4N5O9S. The Kier molecular flexibility index (Phi) is 11.9. The number of hydrogen-bond acceptors (Lipinski definition) is 10. The molecule has 4 fully saturated rings. The molecule has 0 spiro atoms.